The predicted octanol–water partition coefficient (Wildman–Crippen LogP) is 2.44. The number of aromatic nitrogens is 2. The molecule has 5 heteroatoms. The van der Waals surface area contributed by atoms with Crippen molar-refractivity contribution in [2.45, 2.75) is 33.4 Å². The highest BCUT2D eigenvalue weighted by Gasteiger charge is 2.12. The van der Waals surface area contributed by atoms with Crippen molar-refractivity contribution in [2.24, 2.45) is 0 Å². The van der Waals surface area contributed by atoms with E-state index in [0.717, 1.165) is 24.3 Å². The van der Waals surface area contributed by atoms with Gasteiger partial charge in [0.2, 0.25) is 0 Å². The minimum atomic E-state index is -0.145. The second-order valence-electron chi connectivity index (χ2n) is 5.07. The Morgan fingerprint density at radius 1 is 1.33 bits per heavy atom. The van der Waals surface area contributed by atoms with Gasteiger partial charge in [0.15, 0.2) is 0 Å². The largest absolute Gasteiger partial charge is 0.466 e. The van der Waals surface area contributed by atoms with Crippen LogP contribution in [0, 0.1) is 0 Å². The van der Waals surface area contributed by atoms with E-state index >= 15 is 0 Å². The van der Waals surface area contributed by atoms with Gasteiger partial charge >= 0.3 is 5.97 Å². The Balaban J connectivity index is 2.04. The number of fused-ring (bicyclic) bond motifs is 1. The number of rotatable bonds is 7. The number of ether oxygens (including phenoxy) is 1. The zero-order chi connectivity index (χ0) is 15.2. The molecule has 0 aliphatic rings. The summed E-state index contributed by atoms with van der Waals surface area (Å²) >= 11 is 0. The molecule has 0 atom stereocenters. The maximum absolute atomic E-state index is 11.4. The standard InChI is InChI=1S/C16H23N3O2/c1-4-19-15-9-7-6-8-13(15)14(17-19)12-18(3)11-10-16(20)21-5-2/h6-9H,4-5,10-12H2,1-3H3. The summed E-state index contributed by atoms with van der Waals surface area (Å²) in [7, 11) is 2.00. The number of benzene rings is 1. The Hall–Kier alpha value is -1.88. The normalized spacial score (nSPS) is 11.2. The number of carbonyl (C=O) groups is 1. The van der Waals surface area contributed by atoms with E-state index in [4.69, 9.17) is 4.74 Å². The molecule has 0 radical (unpaired) electrons. The average molecular weight is 289 g/mol. The maximum Gasteiger partial charge on any atom is 0.307 e. The molecule has 1 aromatic carbocycles. The summed E-state index contributed by atoms with van der Waals surface area (Å²) in [6.45, 7) is 6.61. The van der Waals surface area contributed by atoms with Crippen LogP contribution in [0.3, 0.4) is 0 Å². The van der Waals surface area contributed by atoms with E-state index in [1.165, 1.54) is 5.39 Å². The monoisotopic (exact) mass is 289 g/mol. The topological polar surface area (TPSA) is 47.4 Å². The van der Waals surface area contributed by atoms with Crippen molar-refractivity contribution < 1.29 is 9.53 Å². The Labute approximate surface area is 125 Å². The van der Waals surface area contributed by atoms with Gasteiger partial charge in [-0.15, -0.1) is 0 Å². The first-order valence-electron chi connectivity index (χ1n) is 7.44. The minimum absolute atomic E-state index is 0.145. The molecule has 1 heterocycles. The van der Waals surface area contributed by atoms with Gasteiger partial charge < -0.3 is 4.74 Å². The van der Waals surface area contributed by atoms with E-state index in [-0.39, 0.29) is 5.97 Å². The van der Waals surface area contributed by atoms with Gasteiger partial charge in [-0.1, -0.05) is 18.2 Å². The van der Waals surface area contributed by atoms with Gasteiger partial charge in [0.25, 0.3) is 0 Å². The highest BCUT2D eigenvalue weighted by Crippen LogP contribution is 2.19. The molecule has 2 aromatic rings. The SMILES string of the molecule is CCOC(=O)CCN(C)Cc1nn(CC)c2ccccc12. The quantitative estimate of drug-likeness (QED) is 0.735. The second-order valence-corrected chi connectivity index (χ2v) is 5.07. The lowest BCUT2D eigenvalue weighted by atomic mass is 10.2. The highest BCUT2D eigenvalue weighted by molar-refractivity contribution is 5.81. The van der Waals surface area contributed by atoms with Gasteiger partial charge in [-0.2, -0.15) is 5.10 Å². The fourth-order valence-electron chi connectivity index (χ4n) is 2.40. The predicted molar refractivity (Wildman–Crippen MR) is 83.0 cm³/mol. The van der Waals surface area contributed by atoms with E-state index in [2.05, 4.69) is 29.1 Å². The molecule has 2 rings (SSSR count). The number of aryl methyl sites for hydroxylation is 1. The van der Waals surface area contributed by atoms with Crippen LogP contribution in [-0.2, 0) is 22.6 Å². The summed E-state index contributed by atoms with van der Waals surface area (Å²) in [5.41, 5.74) is 2.22. The molecule has 0 saturated heterocycles. The number of para-hydroxylation sites is 1. The van der Waals surface area contributed by atoms with Crippen LogP contribution in [0.2, 0.25) is 0 Å². The molecule has 0 bridgehead atoms. The van der Waals surface area contributed by atoms with Crippen molar-refractivity contribution in [1.82, 2.24) is 14.7 Å². The first-order chi connectivity index (χ1) is 10.2. The molecule has 1 aromatic heterocycles. The fraction of sp³-hybridized carbons (Fsp3) is 0.500. The van der Waals surface area contributed by atoms with E-state index in [1.807, 2.05) is 30.8 Å². The molecule has 0 spiro atoms. The van der Waals surface area contributed by atoms with Crippen LogP contribution in [0.25, 0.3) is 10.9 Å². The fourth-order valence-corrected chi connectivity index (χ4v) is 2.40. The lowest BCUT2D eigenvalue weighted by Gasteiger charge is -2.14. The number of hydrogen-bond donors (Lipinski definition) is 0. The van der Waals surface area contributed by atoms with E-state index in [1.54, 1.807) is 0 Å². The van der Waals surface area contributed by atoms with Crippen LogP contribution < -0.4 is 0 Å². The average Bonchev–Trinajstić information content (AvgIpc) is 2.84. The van der Waals surface area contributed by atoms with Crippen molar-refractivity contribution in [1.29, 1.82) is 0 Å². The van der Waals surface area contributed by atoms with Crippen molar-refractivity contribution in [3.05, 3.63) is 30.0 Å². The molecule has 0 saturated carbocycles. The lowest BCUT2D eigenvalue weighted by molar-refractivity contribution is -0.143. The summed E-state index contributed by atoms with van der Waals surface area (Å²) in [6.07, 6.45) is 0.413. The number of nitrogens with zero attached hydrogens (tertiary/aromatic N) is 3. The molecule has 21 heavy (non-hydrogen) atoms. The Bertz CT molecular complexity index is 607. The van der Waals surface area contributed by atoms with Crippen LogP contribution in [-0.4, -0.2) is 40.8 Å². The first kappa shape index (κ1) is 15.5. The minimum Gasteiger partial charge on any atom is -0.466 e. The molecule has 5 nitrogen and oxygen atoms in total. The number of hydrogen-bond acceptors (Lipinski definition) is 4. The third-order valence-electron chi connectivity index (χ3n) is 3.46. The second kappa shape index (κ2) is 7.22. The highest BCUT2D eigenvalue weighted by atomic mass is 16.5. The van der Waals surface area contributed by atoms with Gasteiger partial charge in [0.05, 0.1) is 24.2 Å². The van der Waals surface area contributed by atoms with Gasteiger partial charge in [0.1, 0.15) is 0 Å². The Morgan fingerprint density at radius 3 is 2.81 bits per heavy atom. The molecule has 0 aliphatic carbocycles. The lowest BCUT2D eigenvalue weighted by Crippen LogP contribution is -2.22. The molecule has 0 fully saturated rings. The number of carbonyl (C=O) groups excluding carboxylic acids is 1. The summed E-state index contributed by atoms with van der Waals surface area (Å²) in [5, 5.41) is 5.85. The molecule has 0 amide bonds. The van der Waals surface area contributed by atoms with Crippen LogP contribution in [0.1, 0.15) is 26.0 Å². The molecular weight excluding hydrogens is 266 g/mol. The number of esters is 1. The van der Waals surface area contributed by atoms with Crippen LogP contribution in [0.15, 0.2) is 24.3 Å². The van der Waals surface area contributed by atoms with Crippen molar-refractivity contribution in [3.8, 4) is 0 Å². The molecule has 0 N–H and O–H groups in total. The van der Waals surface area contributed by atoms with Crippen LogP contribution in [0.5, 0.6) is 0 Å². The van der Waals surface area contributed by atoms with E-state index < -0.39 is 0 Å². The molecule has 114 valence electrons. The third-order valence-corrected chi connectivity index (χ3v) is 3.46. The summed E-state index contributed by atoms with van der Waals surface area (Å²) in [4.78, 5) is 13.5. The van der Waals surface area contributed by atoms with E-state index in [9.17, 15) is 4.79 Å². The summed E-state index contributed by atoms with van der Waals surface area (Å²) in [6, 6.07) is 8.26. The van der Waals surface area contributed by atoms with Crippen molar-refractivity contribution >= 4 is 16.9 Å². The van der Waals surface area contributed by atoms with E-state index in [0.29, 0.717) is 19.6 Å². The maximum atomic E-state index is 11.4. The van der Waals surface area contributed by atoms with Crippen LogP contribution >= 0.6 is 0 Å². The third kappa shape index (κ3) is 3.82. The first-order valence-corrected chi connectivity index (χ1v) is 7.44. The zero-order valence-corrected chi connectivity index (χ0v) is 13.0. The Morgan fingerprint density at radius 2 is 2.10 bits per heavy atom. The Kier molecular flexibility index (Phi) is 5.33. The van der Waals surface area contributed by atoms with Crippen LogP contribution in [0.4, 0.5) is 0 Å². The van der Waals surface area contributed by atoms with Gasteiger partial charge in [-0.05, 0) is 27.0 Å². The molecular formula is C16H23N3O2. The van der Waals surface area contributed by atoms with Gasteiger partial charge in [0, 0.05) is 25.0 Å². The van der Waals surface area contributed by atoms with Crippen molar-refractivity contribution in [3.63, 3.8) is 0 Å². The van der Waals surface area contributed by atoms with Gasteiger partial charge in [-0.25, -0.2) is 0 Å². The molecule has 0 aliphatic heterocycles. The summed E-state index contributed by atoms with van der Waals surface area (Å²) < 4.78 is 6.97. The smallest absolute Gasteiger partial charge is 0.307 e. The van der Waals surface area contributed by atoms with Gasteiger partial charge in [-0.3, -0.25) is 14.4 Å². The zero-order valence-electron chi connectivity index (χ0n) is 13.0. The molecule has 0 unspecified atom stereocenters. The summed E-state index contributed by atoms with van der Waals surface area (Å²) in [5.74, 6) is -0.145. The van der Waals surface area contributed by atoms with Crippen molar-refractivity contribution in [2.75, 3.05) is 20.2 Å².